The Morgan fingerprint density at radius 1 is 0.356 bits per heavy atom. The molecule has 0 N–H and O–H groups in total. The van der Waals surface area contributed by atoms with Gasteiger partial charge in [0.25, 0.3) is 0 Å². The monoisotopic (exact) mass is 1140 g/mol. The minimum absolute atomic E-state index is 0.00356. The number of furan rings is 2. The summed E-state index contributed by atoms with van der Waals surface area (Å²) in [6.45, 7) is 20.8. The van der Waals surface area contributed by atoms with Crippen LogP contribution in [0.15, 0.2) is 270 Å². The number of benzene rings is 12. The summed E-state index contributed by atoms with van der Waals surface area (Å²) in [6.07, 6.45) is 0. The molecule has 1 aliphatic carbocycles. The molecule has 0 amide bonds. The summed E-state index contributed by atoms with van der Waals surface area (Å²) in [5, 5.41) is 11.9. The topological polar surface area (TPSA) is 32.8 Å². The van der Waals surface area contributed by atoms with Crippen molar-refractivity contribution in [2.24, 2.45) is 0 Å². The van der Waals surface area contributed by atoms with Crippen molar-refractivity contribution in [3.05, 3.63) is 289 Å². The van der Waals surface area contributed by atoms with Crippen LogP contribution >= 0.6 is 0 Å². The van der Waals surface area contributed by atoms with Gasteiger partial charge in [0, 0.05) is 60.8 Å². The number of hydrogen-bond donors (Lipinski definition) is 0. The highest BCUT2D eigenvalue weighted by Gasteiger charge is 2.45. The van der Waals surface area contributed by atoms with Gasteiger partial charge in [0.05, 0.1) is 5.69 Å². The molecule has 0 atom stereocenters. The zero-order chi connectivity index (χ0) is 59.6. The second-order valence-electron chi connectivity index (χ2n) is 26.5. The minimum Gasteiger partial charge on any atom is -0.456 e. The van der Waals surface area contributed by atoms with E-state index in [1.54, 1.807) is 0 Å². The van der Waals surface area contributed by atoms with Crippen LogP contribution in [0.25, 0.3) is 65.8 Å². The van der Waals surface area contributed by atoms with Crippen molar-refractivity contribution >= 4 is 118 Å². The van der Waals surface area contributed by atoms with Gasteiger partial charge in [0.1, 0.15) is 22.3 Å². The molecule has 0 saturated heterocycles. The van der Waals surface area contributed by atoms with Crippen LogP contribution in [-0.2, 0) is 16.2 Å². The van der Waals surface area contributed by atoms with Crippen LogP contribution in [-0.4, -0.2) is 8.07 Å². The lowest BCUT2D eigenvalue weighted by molar-refractivity contribution is 0.590. The standard InChI is InChI=1S/C82H70N2O2Si/c1-53-47-59(48-69-65-32-21-23-35-74(65)85-78(53)69)84(57-43-39-55(40-44-57)81(5,6)7)73-52-72-77(67-34-20-19-31-64(67)73)68-46-45-58(50-71(68)82(72,8)9)83(56-41-37-54(38-42-56)80(2,3)4)60-49-70-66-33-22-24-36-75(66)86-79(70)76(51-60)87(61-25-13-10-14-26-61,62-27-15-11-16-28-62)63-29-17-12-18-30-63/h10-52H,1-9H3. The molecule has 4 nitrogen and oxygen atoms in total. The van der Waals surface area contributed by atoms with Crippen LogP contribution in [0.5, 0.6) is 0 Å². The van der Waals surface area contributed by atoms with Crippen molar-refractivity contribution in [2.45, 2.75) is 78.6 Å². The Hall–Kier alpha value is -9.68. The Labute approximate surface area is 511 Å². The van der Waals surface area contributed by atoms with E-state index in [9.17, 15) is 0 Å². The summed E-state index contributed by atoms with van der Waals surface area (Å²) in [7, 11) is -3.18. The van der Waals surface area contributed by atoms with Crippen molar-refractivity contribution in [3.63, 3.8) is 0 Å². The number of hydrogen-bond acceptors (Lipinski definition) is 4. The van der Waals surface area contributed by atoms with Gasteiger partial charge in [-0.1, -0.05) is 237 Å². The first kappa shape index (κ1) is 54.0. The molecule has 2 aromatic heterocycles. The average molecular weight is 1140 g/mol. The molecule has 15 rings (SSSR count). The molecule has 0 saturated carbocycles. The molecule has 0 bridgehead atoms. The molecule has 14 aromatic rings. The maximum Gasteiger partial charge on any atom is 0.184 e. The highest BCUT2D eigenvalue weighted by molar-refractivity contribution is 7.20. The third-order valence-electron chi connectivity index (χ3n) is 18.8. The molecule has 0 fully saturated rings. The fraction of sp³-hybridized carbons (Fsp3) is 0.146. The summed E-state index contributed by atoms with van der Waals surface area (Å²) in [5.74, 6) is 0. The fourth-order valence-corrected chi connectivity index (χ4v) is 19.2. The summed E-state index contributed by atoms with van der Waals surface area (Å²) < 4.78 is 13.8. The highest BCUT2D eigenvalue weighted by Crippen LogP contribution is 2.56. The van der Waals surface area contributed by atoms with Crippen LogP contribution in [0.3, 0.4) is 0 Å². The van der Waals surface area contributed by atoms with Crippen molar-refractivity contribution in [2.75, 3.05) is 9.80 Å². The minimum atomic E-state index is -3.18. The molecule has 0 aliphatic heterocycles. The van der Waals surface area contributed by atoms with Crippen LogP contribution in [0.1, 0.15) is 83.2 Å². The number of nitrogens with zero attached hydrogens (tertiary/aromatic N) is 2. The van der Waals surface area contributed by atoms with Gasteiger partial charge >= 0.3 is 0 Å². The second-order valence-corrected chi connectivity index (χ2v) is 30.3. The molecule has 0 unspecified atom stereocenters. The maximum absolute atomic E-state index is 7.26. The van der Waals surface area contributed by atoms with Crippen LogP contribution in [0.4, 0.5) is 34.1 Å². The quantitative estimate of drug-likeness (QED) is 0.101. The van der Waals surface area contributed by atoms with Crippen LogP contribution in [0, 0.1) is 6.92 Å². The third kappa shape index (κ3) is 8.68. The number of fused-ring (bicyclic) bond motifs is 11. The van der Waals surface area contributed by atoms with E-state index in [1.165, 1.54) is 64.9 Å². The van der Waals surface area contributed by atoms with Gasteiger partial charge in [0.2, 0.25) is 0 Å². The molecule has 0 radical (unpaired) electrons. The second kappa shape index (κ2) is 20.2. The van der Waals surface area contributed by atoms with Gasteiger partial charge in [0.15, 0.2) is 8.07 Å². The maximum atomic E-state index is 7.26. The Balaban J connectivity index is 0.969. The summed E-state index contributed by atoms with van der Waals surface area (Å²) in [6, 6.07) is 97.6. The fourth-order valence-electron chi connectivity index (χ4n) is 14.3. The van der Waals surface area contributed by atoms with Crippen molar-refractivity contribution in [3.8, 4) is 11.1 Å². The van der Waals surface area contributed by atoms with E-state index in [-0.39, 0.29) is 10.8 Å². The van der Waals surface area contributed by atoms with Gasteiger partial charge in [-0.2, -0.15) is 0 Å². The molecule has 5 heteroatoms. The Bertz CT molecular complexity index is 4870. The molecule has 0 spiro atoms. The van der Waals surface area contributed by atoms with Crippen LogP contribution < -0.4 is 30.5 Å². The van der Waals surface area contributed by atoms with Crippen molar-refractivity contribution in [1.82, 2.24) is 0 Å². The molecule has 1 aliphatic rings. The van der Waals surface area contributed by atoms with Gasteiger partial charge in [-0.15, -0.1) is 0 Å². The average Bonchev–Trinajstić information content (AvgIpc) is 1.68. The summed E-state index contributed by atoms with van der Waals surface area (Å²) in [4.78, 5) is 5.01. The van der Waals surface area contributed by atoms with Gasteiger partial charge in [-0.25, -0.2) is 0 Å². The summed E-state index contributed by atoms with van der Waals surface area (Å²) >= 11 is 0. The first-order valence-electron chi connectivity index (χ1n) is 30.6. The van der Waals surface area contributed by atoms with Gasteiger partial charge in [-0.05, 0) is 162 Å². The molecule has 2 heterocycles. The summed E-state index contributed by atoms with van der Waals surface area (Å²) in [5.41, 5.74) is 18.5. The number of rotatable bonds is 10. The van der Waals surface area contributed by atoms with E-state index in [0.29, 0.717) is 0 Å². The molecular weight excluding hydrogens is 1070 g/mol. The predicted molar refractivity (Wildman–Crippen MR) is 371 cm³/mol. The van der Waals surface area contributed by atoms with Gasteiger partial charge in [-0.3, -0.25) is 0 Å². The first-order valence-corrected chi connectivity index (χ1v) is 32.6. The molecule has 424 valence electrons. The Morgan fingerprint density at radius 3 is 1.32 bits per heavy atom. The lowest BCUT2D eigenvalue weighted by Crippen LogP contribution is -2.74. The van der Waals surface area contributed by atoms with Crippen molar-refractivity contribution in [1.29, 1.82) is 0 Å². The number of anilines is 6. The predicted octanol–water partition coefficient (Wildman–Crippen LogP) is 20.2. The van der Waals surface area contributed by atoms with E-state index < -0.39 is 13.5 Å². The molecule has 12 aromatic carbocycles. The zero-order valence-electron chi connectivity index (χ0n) is 51.0. The first-order chi connectivity index (χ1) is 42.1. The zero-order valence-corrected chi connectivity index (χ0v) is 52.0. The SMILES string of the molecule is Cc1cc(N(c2ccc(C(C)(C)C)cc2)c2cc3c(c4ccccc24)-c2ccc(N(c4ccc(C(C)(C)C)cc4)c4cc([Si](c5ccccc5)(c5ccccc5)c5ccccc5)c5oc6ccccc6c5c4)cc2C3(C)C)cc2c1oc1ccccc12. The normalized spacial score (nSPS) is 13.2. The van der Waals surface area contributed by atoms with E-state index in [1.807, 2.05) is 0 Å². The molecule has 87 heavy (non-hydrogen) atoms. The van der Waals surface area contributed by atoms with Crippen molar-refractivity contribution < 1.29 is 8.83 Å². The van der Waals surface area contributed by atoms with E-state index in [2.05, 4.69) is 333 Å². The lowest BCUT2D eigenvalue weighted by Gasteiger charge is -2.35. The number of aryl methyl sites for hydroxylation is 1. The lowest BCUT2D eigenvalue weighted by atomic mass is 9.81. The highest BCUT2D eigenvalue weighted by atomic mass is 28.3. The largest absolute Gasteiger partial charge is 0.456 e. The molecular formula is C82H70N2O2Si. The van der Waals surface area contributed by atoms with E-state index >= 15 is 0 Å². The Morgan fingerprint density at radius 2 is 0.793 bits per heavy atom. The van der Waals surface area contributed by atoms with Crippen LogP contribution in [0.2, 0.25) is 0 Å². The van der Waals surface area contributed by atoms with E-state index in [0.717, 1.165) is 83.6 Å². The third-order valence-corrected chi connectivity index (χ3v) is 23.6. The van der Waals surface area contributed by atoms with Gasteiger partial charge < -0.3 is 18.6 Å². The smallest absolute Gasteiger partial charge is 0.184 e. The Kier molecular flexibility index (Phi) is 12.6. The van der Waals surface area contributed by atoms with E-state index in [4.69, 9.17) is 8.83 Å². The number of para-hydroxylation sites is 2.